The maximum absolute atomic E-state index is 8.70. The Morgan fingerprint density at radius 1 is 1.18 bits per heavy atom. The fourth-order valence-corrected chi connectivity index (χ4v) is 1.51. The number of nitrogen functional groups attached to an aromatic ring is 1. The Kier molecular flexibility index (Phi) is 4.84. The molecule has 0 heterocycles. The number of nitrogens with two attached hydrogens (primary N) is 1. The average molecular weight is 253 g/mol. The molecule has 0 saturated heterocycles. The van der Waals surface area contributed by atoms with Crippen LogP contribution in [0.25, 0.3) is 10.8 Å². The van der Waals surface area contributed by atoms with E-state index in [1.807, 2.05) is 31.3 Å². The van der Waals surface area contributed by atoms with Crippen molar-refractivity contribution in [1.29, 1.82) is 0 Å². The number of fused-ring (bicyclic) bond motifs is 1. The van der Waals surface area contributed by atoms with Gasteiger partial charge in [-0.15, -0.1) is 9.79 Å². The van der Waals surface area contributed by atoms with E-state index < -0.39 is 8.25 Å². The summed E-state index contributed by atoms with van der Waals surface area (Å²) >= 11 is 0. The molecule has 0 saturated carbocycles. The highest BCUT2D eigenvalue weighted by Crippen LogP contribution is 2.27. The Hall–Kier alpha value is -1.68. The zero-order valence-corrected chi connectivity index (χ0v) is 10.2. The molecule has 0 amide bonds. The van der Waals surface area contributed by atoms with Gasteiger partial charge in [0, 0.05) is 17.0 Å². The van der Waals surface area contributed by atoms with Crippen LogP contribution in [0, 0.1) is 0 Å². The molecule has 5 N–H and O–H groups in total. The molecule has 0 fully saturated rings. The third-order valence-corrected chi connectivity index (χ3v) is 2.24. The lowest BCUT2D eigenvalue weighted by molar-refractivity contribution is 0.405. The lowest BCUT2D eigenvalue weighted by atomic mass is 10.1. The van der Waals surface area contributed by atoms with Crippen LogP contribution in [0.5, 0.6) is 0 Å². The fraction of sp³-hybridized carbons (Fsp3) is 0.0909. The molecule has 0 radical (unpaired) electrons. The second-order valence-corrected chi connectivity index (χ2v) is 3.76. The van der Waals surface area contributed by atoms with Gasteiger partial charge in [-0.2, -0.15) is 0 Å². The Balaban J connectivity index is 0.000000317. The molecule has 0 aliphatic heterocycles. The van der Waals surface area contributed by atoms with Crippen LogP contribution in [-0.4, -0.2) is 16.8 Å². The van der Waals surface area contributed by atoms with Crippen molar-refractivity contribution in [3.63, 3.8) is 0 Å². The van der Waals surface area contributed by atoms with Gasteiger partial charge >= 0.3 is 8.25 Å². The summed E-state index contributed by atoms with van der Waals surface area (Å²) in [6, 6.07) is 12.2. The lowest BCUT2D eigenvalue weighted by Crippen LogP contribution is -1.95. The monoisotopic (exact) mass is 253 g/mol. The highest BCUT2D eigenvalue weighted by molar-refractivity contribution is 7.30. The van der Waals surface area contributed by atoms with E-state index >= 15 is 0 Å². The van der Waals surface area contributed by atoms with Crippen molar-refractivity contribution in [1.82, 2.24) is 0 Å². The van der Waals surface area contributed by atoms with Crippen LogP contribution in [0.2, 0.25) is 0 Å². The third kappa shape index (κ3) is 3.67. The fourth-order valence-electron chi connectivity index (χ4n) is 1.51. The van der Waals surface area contributed by atoms with Gasteiger partial charge in [0.1, 0.15) is 0 Å². The summed E-state index contributed by atoms with van der Waals surface area (Å²) < 4.78 is 8.70. The highest BCUT2D eigenvalue weighted by Gasteiger charge is 2.00. The van der Waals surface area contributed by atoms with Gasteiger partial charge in [-0.3, -0.25) is 0 Å². The van der Waals surface area contributed by atoms with Crippen molar-refractivity contribution in [3.05, 3.63) is 36.4 Å². The smallest absolute Gasteiger partial charge is 0.397 e. The van der Waals surface area contributed by atoms with Gasteiger partial charge in [0.05, 0.1) is 11.4 Å². The molecule has 5 nitrogen and oxygen atoms in total. The van der Waals surface area contributed by atoms with E-state index in [4.69, 9.17) is 20.1 Å². The van der Waals surface area contributed by atoms with Gasteiger partial charge in [-0.05, 0) is 11.5 Å². The molecule has 0 unspecified atom stereocenters. The SMILES string of the molecule is CNc1ccc2ccccc2c1N.O=[P+](O)O. The van der Waals surface area contributed by atoms with Crippen LogP contribution in [0.3, 0.4) is 0 Å². The Morgan fingerprint density at radius 3 is 2.35 bits per heavy atom. The maximum Gasteiger partial charge on any atom is 0.692 e. The average Bonchev–Trinajstić information content (AvgIpc) is 2.29. The van der Waals surface area contributed by atoms with Crippen molar-refractivity contribution in [2.45, 2.75) is 0 Å². The van der Waals surface area contributed by atoms with Crippen molar-refractivity contribution in [3.8, 4) is 0 Å². The summed E-state index contributed by atoms with van der Waals surface area (Å²) in [6.45, 7) is 0. The Bertz CT molecular complexity index is 527. The van der Waals surface area contributed by atoms with Gasteiger partial charge < -0.3 is 11.1 Å². The van der Waals surface area contributed by atoms with E-state index in [9.17, 15) is 0 Å². The first-order chi connectivity index (χ1) is 8.06. The quantitative estimate of drug-likeness (QED) is 0.461. The third-order valence-electron chi connectivity index (χ3n) is 2.24. The summed E-state index contributed by atoms with van der Waals surface area (Å²) in [5.41, 5.74) is 7.77. The number of nitrogens with one attached hydrogen (secondary N) is 1. The minimum Gasteiger partial charge on any atom is -0.397 e. The molecule has 6 heteroatoms. The van der Waals surface area contributed by atoms with Gasteiger partial charge in [-0.1, -0.05) is 30.3 Å². The minimum absolute atomic E-state index is 0.820. The summed E-state index contributed by atoms with van der Waals surface area (Å²) in [5.74, 6) is 0. The minimum atomic E-state index is -2.87. The highest BCUT2D eigenvalue weighted by atomic mass is 31.1. The van der Waals surface area contributed by atoms with Gasteiger partial charge in [0.15, 0.2) is 0 Å². The van der Waals surface area contributed by atoms with Gasteiger partial charge in [0.2, 0.25) is 0 Å². The first kappa shape index (κ1) is 13.4. The van der Waals surface area contributed by atoms with E-state index in [1.165, 1.54) is 5.39 Å². The largest absolute Gasteiger partial charge is 0.692 e. The van der Waals surface area contributed by atoms with Crippen molar-refractivity contribution < 1.29 is 14.4 Å². The molecule has 2 aromatic rings. The zero-order valence-electron chi connectivity index (χ0n) is 9.29. The topological polar surface area (TPSA) is 95.6 Å². The molecule has 0 spiro atoms. The second-order valence-electron chi connectivity index (χ2n) is 3.25. The molecule has 0 atom stereocenters. The molecule has 0 aliphatic rings. The van der Waals surface area contributed by atoms with E-state index in [0.717, 1.165) is 16.8 Å². The van der Waals surface area contributed by atoms with Crippen LogP contribution >= 0.6 is 8.25 Å². The number of hydrogen-bond donors (Lipinski definition) is 4. The lowest BCUT2D eigenvalue weighted by Gasteiger charge is -2.07. The molecule has 0 bridgehead atoms. The predicted octanol–water partition coefficient (Wildman–Crippen LogP) is 2.09. The molecular weight excluding hydrogens is 239 g/mol. The molecule has 2 rings (SSSR count). The van der Waals surface area contributed by atoms with Crippen LogP contribution in [0.15, 0.2) is 36.4 Å². The molecule has 0 aliphatic carbocycles. The first-order valence-corrected chi connectivity index (χ1v) is 6.02. The van der Waals surface area contributed by atoms with Crippen LogP contribution in [0.1, 0.15) is 0 Å². The Labute approximate surface area is 99.8 Å². The van der Waals surface area contributed by atoms with Crippen LogP contribution < -0.4 is 11.1 Å². The van der Waals surface area contributed by atoms with Crippen molar-refractivity contribution >= 4 is 30.4 Å². The number of benzene rings is 2. The zero-order chi connectivity index (χ0) is 12.8. The first-order valence-electron chi connectivity index (χ1n) is 4.86. The van der Waals surface area contributed by atoms with Gasteiger partial charge in [-0.25, -0.2) is 0 Å². The van der Waals surface area contributed by atoms with Crippen molar-refractivity contribution in [2.24, 2.45) is 0 Å². The van der Waals surface area contributed by atoms with E-state index in [-0.39, 0.29) is 0 Å². The number of anilines is 2. The molecule has 90 valence electrons. The van der Waals surface area contributed by atoms with Gasteiger partial charge in [0.25, 0.3) is 0 Å². The normalized spacial score (nSPS) is 9.35. The van der Waals surface area contributed by atoms with Crippen molar-refractivity contribution in [2.75, 3.05) is 18.1 Å². The molecular formula is C11H14N2O3P+. The standard InChI is InChI=1S/C11H12N2.HO3P/c1-13-10-7-6-8-4-2-3-5-9(8)11(10)12;1-4(2)3/h2-7,13H,12H2,1H3;(H-,1,2,3)/p+1. The van der Waals surface area contributed by atoms with E-state index in [2.05, 4.69) is 17.4 Å². The van der Waals surface area contributed by atoms with Crippen LogP contribution in [-0.2, 0) is 4.57 Å². The summed E-state index contributed by atoms with van der Waals surface area (Å²) in [5, 5.41) is 5.35. The Morgan fingerprint density at radius 2 is 1.76 bits per heavy atom. The second kappa shape index (κ2) is 6.15. The number of hydrogen-bond acceptors (Lipinski definition) is 3. The predicted molar refractivity (Wildman–Crippen MR) is 70.0 cm³/mol. The summed E-state index contributed by atoms with van der Waals surface area (Å²) in [7, 11) is -0.995. The molecule has 17 heavy (non-hydrogen) atoms. The maximum atomic E-state index is 8.70. The van der Waals surface area contributed by atoms with E-state index in [1.54, 1.807) is 0 Å². The molecule has 2 aromatic carbocycles. The van der Waals surface area contributed by atoms with E-state index in [0.29, 0.717) is 0 Å². The summed E-state index contributed by atoms with van der Waals surface area (Å²) in [6.07, 6.45) is 0. The van der Waals surface area contributed by atoms with Crippen LogP contribution in [0.4, 0.5) is 11.4 Å². The summed E-state index contributed by atoms with van der Waals surface area (Å²) in [4.78, 5) is 14.2. The number of rotatable bonds is 1. The molecule has 0 aromatic heterocycles.